The van der Waals surface area contributed by atoms with Crippen LogP contribution >= 0.6 is 11.6 Å². The van der Waals surface area contributed by atoms with Gasteiger partial charge in [-0.2, -0.15) is 0 Å². The van der Waals surface area contributed by atoms with Gasteiger partial charge in [0.2, 0.25) is 0 Å². The zero-order valence-corrected chi connectivity index (χ0v) is 15.6. The third-order valence-corrected chi connectivity index (χ3v) is 5.71. The van der Waals surface area contributed by atoms with Gasteiger partial charge in [-0.25, -0.2) is 0 Å². The monoisotopic (exact) mass is 362 g/mol. The lowest BCUT2D eigenvalue weighted by atomic mass is 9.82. The first-order chi connectivity index (χ1) is 12.9. The lowest BCUT2D eigenvalue weighted by Crippen LogP contribution is -2.15. The van der Waals surface area contributed by atoms with E-state index in [0.717, 1.165) is 18.9 Å². The van der Waals surface area contributed by atoms with Crippen LogP contribution in [0.15, 0.2) is 73.0 Å². The van der Waals surface area contributed by atoms with Gasteiger partial charge in [-0.15, -0.1) is 11.6 Å². The smallest absolute Gasteiger partial charge is 0.106 e. The summed E-state index contributed by atoms with van der Waals surface area (Å²) in [5, 5.41) is 5.53. The first kappa shape index (κ1) is 17.2. The highest BCUT2D eigenvalue weighted by Crippen LogP contribution is 2.35. The Morgan fingerprint density at radius 1 is 0.923 bits per heavy atom. The van der Waals surface area contributed by atoms with Gasteiger partial charge >= 0.3 is 0 Å². The van der Waals surface area contributed by atoms with E-state index in [1.165, 1.54) is 39.9 Å². The Morgan fingerprint density at radius 3 is 2.54 bits per heavy atom. The van der Waals surface area contributed by atoms with Gasteiger partial charge in [-0.1, -0.05) is 54.6 Å². The van der Waals surface area contributed by atoms with E-state index in [2.05, 4.69) is 48.5 Å². The predicted octanol–water partition coefficient (Wildman–Crippen LogP) is 6.42. The number of benzene rings is 3. The van der Waals surface area contributed by atoms with Gasteiger partial charge in [0.1, 0.15) is 6.61 Å². The maximum absolute atomic E-state index is 6.04. The van der Waals surface area contributed by atoms with Crippen molar-refractivity contribution in [2.24, 2.45) is 5.92 Å². The van der Waals surface area contributed by atoms with Gasteiger partial charge < -0.3 is 4.74 Å². The molecule has 0 saturated carbocycles. The second kappa shape index (κ2) is 7.97. The van der Waals surface area contributed by atoms with Crippen molar-refractivity contribution in [1.29, 1.82) is 0 Å². The molecule has 2 aliphatic rings. The van der Waals surface area contributed by atoms with E-state index in [-0.39, 0.29) is 0 Å². The molecule has 1 atom stereocenters. The number of allylic oxidation sites excluding steroid dienone is 2. The predicted molar refractivity (Wildman–Crippen MR) is 112 cm³/mol. The molecule has 1 nitrogen and oxygen atoms in total. The summed E-state index contributed by atoms with van der Waals surface area (Å²) in [6, 6.07) is 17.8. The number of aryl methyl sites for hydroxylation is 1. The average molecular weight is 363 g/mol. The van der Waals surface area contributed by atoms with Gasteiger partial charge in [0, 0.05) is 5.88 Å². The van der Waals surface area contributed by atoms with Crippen molar-refractivity contribution >= 4 is 33.1 Å². The molecule has 132 valence electrons. The Kier molecular flexibility index (Phi) is 5.26. The summed E-state index contributed by atoms with van der Waals surface area (Å²) in [7, 11) is 0. The molecule has 5 rings (SSSR count). The van der Waals surface area contributed by atoms with Crippen molar-refractivity contribution < 1.29 is 4.74 Å². The molecule has 0 saturated heterocycles. The second-order valence-corrected chi connectivity index (χ2v) is 7.25. The van der Waals surface area contributed by atoms with Crippen LogP contribution in [0.1, 0.15) is 17.5 Å². The molecular weight excluding hydrogens is 340 g/mol. The number of hydrogen-bond acceptors (Lipinski definition) is 1. The van der Waals surface area contributed by atoms with Crippen LogP contribution in [0.25, 0.3) is 21.5 Å². The van der Waals surface area contributed by atoms with E-state index >= 15 is 0 Å². The van der Waals surface area contributed by atoms with Crippen LogP contribution in [0.3, 0.4) is 0 Å². The minimum absolute atomic E-state index is 0.655. The van der Waals surface area contributed by atoms with Crippen LogP contribution in [0.2, 0.25) is 0 Å². The minimum Gasteiger partial charge on any atom is -0.497 e. The topological polar surface area (TPSA) is 9.23 Å². The normalized spacial score (nSPS) is 18.1. The Balaban J connectivity index is 0.000000240. The van der Waals surface area contributed by atoms with E-state index in [1.807, 2.05) is 18.2 Å². The standard InChI is InChI=1S/C19H17Cl.C5H6O/c20-12-13-5-8-17-15(11-13)7-10-18-16-4-2-1-3-14(16)6-9-19(17)18;1-2-4-6-5-3-1/h1-4,6-7,9-10,13H,5,8,11-12H2;1-4H,5H2. The fourth-order valence-electron chi connectivity index (χ4n) is 3.92. The summed E-state index contributed by atoms with van der Waals surface area (Å²) in [5.74, 6) is 1.44. The Hall–Kier alpha value is -2.25. The first-order valence-electron chi connectivity index (χ1n) is 9.28. The minimum atomic E-state index is 0.655. The Labute approximate surface area is 159 Å². The maximum Gasteiger partial charge on any atom is 0.106 e. The lowest BCUT2D eigenvalue weighted by Gasteiger charge is -2.24. The molecule has 0 aromatic heterocycles. The number of alkyl halides is 1. The largest absolute Gasteiger partial charge is 0.497 e. The summed E-state index contributed by atoms with van der Waals surface area (Å²) in [6.07, 6.45) is 11.0. The second-order valence-electron chi connectivity index (χ2n) is 6.94. The zero-order valence-electron chi connectivity index (χ0n) is 14.8. The van der Waals surface area contributed by atoms with Crippen LogP contribution in [-0.4, -0.2) is 12.5 Å². The molecule has 0 bridgehead atoms. The van der Waals surface area contributed by atoms with E-state index in [1.54, 1.807) is 11.8 Å². The molecule has 3 aromatic carbocycles. The lowest BCUT2D eigenvalue weighted by molar-refractivity contribution is 0.286. The van der Waals surface area contributed by atoms with Crippen LogP contribution in [0, 0.1) is 5.92 Å². The Bertz CT molecular complexity index is 959. The van der Waals surface area contributed by atoms with Crippen LogP contribution in [-0.2, 0) is 17.6 Å². The summed E-state index contributed by atoms with van der Waals surface area (Å²) in [5.41, 5.74) is 3.05. The first-order valence-corrected chi connectivity index (χ1v) is 9.81. The van der Waals surface area contributed by atoms with E-state index in [9.17, 15) is 0 Å². The molecule has 1 unspecified atom stereocenters. The molecule has 1 aliphatic heterocycles. The summed E-state index contributed by atoms with van der Waals surface area (Å²) in [6.45, 7) is 0.733. The zero-order chi connectivity index (χ0) is 17.8. The SMILES string of the molecule is C1=CCOC=C1.ClCC1CCc2c(ccc3c2ccc2ccccc23)C1. The molecular formula is C24H23ClO. The van der Waals surface area contributed by atoms with Crippen molar-refractivity contribution in [2.75, 3.05) is 12.5 Å². The van der Waals surface area contributed by atoms with Crippen molar-refractivity contribution in [1.82, 2.24) is 0 Å². The molecule has 0 spiro atoms. The molecule has 2 heteroatoms. The van der Waals surface area contributed by atoms with Gasteiger partial charge in [0.25, 0.3) is 0 Å². The highest BCUT2D eigenvalue weighted by Gasteiger charge is 2.19. The van der Waals surface area contributed by atoms with Crippen LogP contribution < -0.4 is 0 Å². The molecule has 3 aromatic rings. The molecule has 26 heavy (non-hydrogen) atoms. The number of hydrogen-bond donors (Lipinski definition) is 0. The molecule has 0 radical (unpaired) electrons. The third-order valence-electron chi connectivity index (χ3n) is 5.28. The number of halogens is 1. The van der Waals surface area contributed by atoms with Gasteiger partial charge in [-0.05, 0) is 70.0 Å². The van der Waals surface area contributed by atoms with Gasteiger partial charge in [-0.3, -0.25) is 0 Å². The fourth-order valence-corrected chi connectivity index (χ4v) is 4.19. The fraction of sp³-hybridized carbons (Fsp3) is 0.250. The summed E-state index contributed by atoms with van der Waals surface area (Å²) < 4.78 is 4.80. The third kappa shape index (κ3) is 3.50. The molecule has 0 fully saturated rings. The molecule has 0 amide bonds. The molecule has 0 N–H and O–H groups in total. The number of fused-ring (bicyclic) bond motifs is 5. The van der Waals surface area contributed by atoms with Gasteiger partial charge in [0.15, 0.2) is 0 Å². The number of rotatable bonds is 1. The van der Waals surface area contributed by atoms with Gasteiger partial charge in [0.05, 0.1) is 6.26 Å². The van der Waals surface area contributed by atoms with Crippen LogP contribution in [0.4, 0.5) is 0 Å². The average Bonchev–Trinajstić information content (AvgIpc) is 2.74. The van der Waals surface area contributed by atoms with Crippen molar-refractivity contribution in [3.63, 3.8) is 0 Å². The summed E-state index contributed by atoms with van der Waals surface area (Å²) >= 11 is 6.04. The summed E-state index contributed by atoms with van der Waals surface area (Å²) in [4.78, 5) is 0. The highest BCUT2D eigenvalue weighted by molar-refractivity contribution is 6.18. The Morgan fingerprint density at radius 2 is 1.81 bits per heavy atom. The quantitative estimate of drug-likeness (QED) is 0.358. The molecule has 1 aliphatic carbocycles. The molecule has 1 heterocycles. The number of ether oxygens (including phenoxy) is 1. The van der Waals surface area contributed by atoms with Crippen LogP contribution in [0.5, 0.6) is 0 Å². The van der Waals surface area contributed by atoms with Crippen molar-refractivity contribution in [2.45, 2.75) is 19.3 Å². The van der Waals surface area contributed by atoms with E-state index in [4.69, 9.17) is 16.3 Å². The van der Waals surface area contributed by atoms with Crippen molar-refractivity contribution in [3.05, 3.63) is 84.1 Å². The maximum atomic E-state index is 6.04. The van der Waals surface area contributed by atoms with E-state index < -0.39 is 0 Å². The van der Waals surface area contributed by atoms with Crippen molar-refractivity contribution in [3.8, 4) is 0 Å². The van der Waals surface area contributed by atoms with E-state index in [0.29, 0.717) is 5.92 Å². The highest BCUT2D eigenvalue weighted by atomic mass is 35.5.